The molecule has 1 fully saturated rings. The van der Waals surface area contributed by atoms with Crippen LogP contribution in [0.5, 0.6) is 0 Å². The third-order valence-electron chi connectivity index (χ3n) is 4.24. The summed E-state index contributed by atoms with van der Waals surface area (Å²) in [6, 6.07) is 4.40. The molecule has 1 unspecified atom stereocenters. The van der Waals surface area contributed by atoms with E-state index in [1.165, 1.54) is 44.2 Å². The molecule has 1 saturated carbocycles. The molecule has 1 amide bonds. The van der Waals surface area contributed by atoms with Crippen molar-refractivity contribution >= 4 is 11.6 Å². The normalized spacial score (nSPS) is 17.7. The molecule has 0 radical (unpaired) electrons. The minimum Gasteiger partial charge on any atom is -0.396 e. The van der Waals surface area contributed by atoms with Crippen molar-refractivity contribution < 1.29 is 9.18 Å². The zero-order valence-corrected chi connectivity index (χ0v) is 12.0. The van der Waals surface area contributed by atoms with Crippen LogP contribution >= 0.6 is 0 Å². The Kier molecular flexibility index (Phi) is 4.99. The minimum atomic E-state index is -0.539. The lowest BCUT2D eigenvalue weighted by molar-refractivity contribution is 0.0910. The average Bonchev–Trinajstić information content (AvgIpc) is 2.48. The Bertz CT molecular complexity index is 470. The van der Waals surface area contributed by atoms with E-state index in [-0.39, 0.29) is 17.6 Å². The van der Waals surface area contributed by atoms with Crippen LogP contribution in [-0.4, -0.2) is 11.9 Å². The number of hydrogen-bond donors (Lipinski definition) is 2. The van der Waals surface area contributed by atoms with Gasteiger partial charge in [-0.05, 0) is 43.4 Å². The Hall–Kier alpha value is -1.58. The second-order valence-corrected chi connectivity index (χ2v) is 5.62. The van der Waals surface area contributed by atoms with Gasteiger partial charge in [0, 0.05) is 11.6 Å². The van der Waals surface area contributed by atoms with Gasteiger partial charge in [0.1, 0.15) is 5.82 Å². The summed E-state index contributed by atoms with van der Waals surface area (Å²) in [7, 11) is 0. The molecule has 0 heterocycles. The van der Waals surface area contributed by atoms with Gasteiger partial charge in [0.15, 0.2) is 0 Å². The molecule has 1 atom stereocenters. The van der Waals surface area contributed by atoms with Crippen molar-refractivity contribution in [2.75, 3.05) is 5.73 Å². The predicted molar refractivity (Wildman–Crippen MR) is 78.9 cm³/mol. The van der Waals surface area contributed by atoms with Crippen molar-refractivity contribution in [1.29, 1.82) is 0 Å². The molecule has 1 aliphatic carbocycles. The monoisotopic (exact) mass is 278 g/mol. The maximum absolute atomic E-state index is 13.4. The molecule has 3 N–H and O–H groups in total. The summed E-state index contributed by atoms with van der Waals surface area (Å²) >= 11 is 0. The first-order chi connectivity index (χ1) is 9.61. The van der Waals surface area contributed by atoms with Crippen LogP contribution in [0.3, 0.4) is 0 Å². The van der Waals surface area contributed by atoms with Crippen LogP contribution in [0.2, 0.25) is 0 Å². The number of nitrogens with two attached hydrogens (primary N) is 1. The van der Waals surface area contributed by atoms with Crippen LogP contribution < -0.4 is 11.1 Å². The highest BCUT2D eigenvalue weighted by atomic mass is 19.1. The van der Waals surface area contributed by atoms with Crippen LogP contribution in [0.1, 0.15) is 55.8 Å². The van der Waals surface area contributed by atoms with Gasteiger partial charge in [-0.3, -0.25) is 4.79 Å². The molecule has 1 aromatic carbocycles. The van der Waals surface area contributed by atoms with Crippen LogP contribution in [0.4, 0.5) is 10.1 Å². The van der Waals surface area contributed by atoms with Crippen LogP contribution in [-0.2, 0) is 0 Å². The first-order valence-electron chi connectivity index (χ1n) is 7.47. The van der Waals surface area contributed by atoms with E-state index in [0.717, 1.165) is 6.42 Å². The molecule has 0 bridgehead atoms. The van der Waals surface area contributed by atoms with E-state index >= 15 is 0 Å². The Morgan fingerprint density at radius 2 is 2.10 bits per heavy atom. The molecule has 3 nitrogen and oxygen atoms in total. The number of anilines is 1. The number of carbonyl (C=O) groups excluding carboxylic acids is 1. The molecular weight excluding hydrogens is 255 g/mol. The number of nitrogens with one attached hydrogen (secondary N) is 1. The fraction of sp³-hybridized carbons (Fsp3) is 0.562. The number of halogens is 1. The molecule has 0 spiro atoms. The highest BCUT2D eigenvalue weighted by Crippen LogP contribution is 2.28. The smallest absolute Gasteiger partial charge is 0.251 e. The Morgan fingerprint density at radius 3 is 2.70 bits per heavy atom. The summed E-state index contributed by atoms with van der Waals surface area (Å²) in [5, 5.41) is 3.05. The number of carbonyl (C=O) groups is 1. The number of amides is 1. The SMILES string of the molecule is CCC(NC(=O)c1ccc(N)c(F)c1)C1CCCCC1. The lowest BCUT2D eigenvalue weighted by Crippen LogP contribution is -2.40. The topological polar surface area (TPSA) is 55.1 Å². The zero-order chi connectivity index (χ0) is 14.5. The van der Waals surface area contributed by atoms with E-state index < -0.39 is 5.82 Å². The standard InChI is InChI=1S/C16H23FN2O/c1-2-15(11-6-4-3-5-7-11)19-16(20)12-8-9-14(18)13(17)10-12/h8-11,15H,2-7,18H2,1H3,(H,19,20). The number of rotatable bonds is 4. The van der Waals surface area contributed by atoms with Gasteiger partial charge in [0.2, 0.25) is 0 Å². The average molecular weight is 278 g/mol. The predicted octanol–water partition coefficient (Wildman–Crippen LogP) is 3.50. The van der Waals surface area contributed by atoms with Gasteiger partial charge in [-0.15, -0.1) is 0 Å². The van der Waals surface area contributed by atoms with E-state index in [1.807, 2.05) is 0 Å². The summed E-state index contributed by atoms with van der Waals surface area (Å²) in [6.45, 7) is 2.09. The van der Waals surface area contributed by atoms with Crippen molar-refractivity contribution in [2.24, 2.45) is 5.92 Å². The quantitative estimate of drug-likeness (QED) is 0.828. The van der Waals surface area contributed by atoms with Crippen LogP contribution in [0, 0.1) is 11.7 Å². The Balaban J connectivity index is 2.02. The van der Waals surface area contributed by atoms with Crippen LogP contribution in [0.15, 0.2) is 18.2 Å². The second-order valence-electron chi connectivity index (χ2n) is 5.62. The fourth-order valence-electron chi connectivity index (χ4n) is 3.01. The van der Waals surface area contributed by atoms with Crippen molar-refractivity contribution in [3.8, 4) is 0 Å². The van der Waals surface area contributed by atoms with Gasteiger partial charge in [-0.1, -0.05) is 26.2 Å². The molecule has 20 heavy (non-hydrogen) atoms. The lowest BCUT2D eigenvalue weighted by atomic mass is 9.83. The van der Waals surface area contributed by atoms with E-state index in [0.29, 0.717) is 11.5 Å². The van der Waals surface area contributed by atoms with E-state index in [1.54, 1.807) is 6.07 Å². The van der Waals surface area contributed by atoms with E-state index in [4.69, 9.17) is 5.73 Å². The largest absolute Gasteiger partial charge is 0.396 e. The number of nitrogen functional groups attached to an aromatic ring is 1. The molecule has 0 saturated heterocycles. The summed E-state index contributed by atoms with van der Waals surface area (Å²) in [6.07, 6.45) is 7.04. The first kappa shape index (κ1) is 14.8. The summed E-state index contributed by atoms with van der Waals surface area (Å²) in [4.78, 5) is 12.2. The van der Waals surface area contributed by atoms with Crippen molar-refractivity contribution in [3.05, 3.63) is 29.6 Å². The zero-order valence-electron chi connectivity index (χ0n) is 12.0. The van der Waals surface area contributed by atoms with Gasteiger partial charge in [-0.25, -0.2) is 4.39 Å². The highest BCUT2D eigenvalue weighted by molar-refractivity contribution is 5.94. The lowest BCUT2D eigenvalue weighted by Gasteiger charge is -2.30. The van der Waals surface area contributed by atoms with Gasteiger partial charge < -0.3 is 11.1 Å². The molecule has 0 aliphatic heterocycles. The third-order valence-corrected chi connectivity index (χ3v) is 4.24. The molecule has 2 rings (SSSR count). The van der Waals surface area contributed by atoms with Gasteiger partial charge in [-0.2, -0.15) is 0 Å². The summed E-state index contributed by atoms with van der Waals surface area (Å²) in [5.41, 5.74) is 5.84. The van der Waals surface area contributed by atoms with Gasteiger partial charge in [0.25, 0.3) is 5.91 Å². The first-order valence-corrected chi connectivity index (χ1v) is 7.47. The van der Waals surface area contributed by atoms with E-state index in [2.05, 4.69) is 12.2 Å². The van der Waals surface area contributed by atoms with Crippen molar-refractivity contribution in [1.82, 2.24) is 5.32 Å². The van der Waals surface area contributed by atoms with Gasteiger partial charge >= 0.3 is 0 Å². The maximum atomic E-state index is 13.4. The highest BCUT2D eigenvalue weighted by Gasteiger charge is 2.24. The second kappa shape index (κ2) is 6.73. The molecule has 110 valence electrons. The van der Waals surface area contributed by atoms with Crippen molar-refractivity contribution in [3.63, 3.8) is 0 Å². The summed E-state index contributed by atoms with van der Waals surface area (Å²) in [5.74, 6) is -0.194. The number of benzene rings is 1. The molecule has 1 aromatic rings. The maximum Gasteiger partial charge on any atom is 0.251 e. The van der Waals surface area contributed by atoms with Crippen LogP contribution in [0.25, 0.3) is 0 Å². The minimum absolute atomic E-state index is 0.0703. The number of hydrogen-bond acceptors (Lipinski definition) is 2. The molecule has 4 heteroatoms. The van der Waals surface area contributed by atoms with Crippen molar-refractivity contribution in [2.45, 2.75) is 51.5 Å². The van der Waals surface area contributed by atoms with E-state index in [9.17, 15) is 9.18 Å². The third kappa shape index (κ3) is 3.50. The Morgan fingerprint density at radius 1 is 1.40 bits per heavy atom. The fourth-order valence-corrected chi connectivity index (χ4v) is 3.01. The molecule has 0 aromatic heterocycles. The summed E-state index contributed by atoms with van der Waals surface area (Å²) < 4.78 is 13.4. The Labute approximate surface area is 119 Å². The molecular formula is C16H23FN2O. The molecule has 1 aliphatic rings. The van der Waals surface area contributed by atoms with Gasteiger partial charge in [0.05, 0.1) is 5.69 Å².